The van der Waals surface area contributed by atoms with Gasteiger partial charge in [0, 0.05) is 21.0 Å². The maximum atomic E-state index is 12.1. The summed E-state index contributed by atoms with van der Waals surface area (Å²) in [6.07, 6.45) is 1.73. The lowest BCUT2D eigenvalue weighted by atomic mass is 10.2. The molecule has 0 aliphatic rings. The van der Waals surface area contributed by atoms with Gasteiger partial charge in [-0.3, -0.25) is 9.78 Å². The number of carbonyl (C=O) groups excluding carboxylic acids is 1. The number of carbonyl (C=O) groups is 1. The van der Waals surface area contributed by atoms with Crippen LogP contribution in [0.3, 0.4) is 0 Å². The third-order valence-electron chi connectivity index (χ3n) is 3.09. The van der Waals surface area contributed by atoms with E-state index >= 15 is 0 Å². The summed E-state index contributed by atoms with van der Waals surface area (Å²) >= 11 is 4.91. The Hall–Kier alpha value is -1.85. The van der Waals surface area contributed by atoms with Crippen molar-refractivity contribution in [2.75, 3.05) is 11.1 Å². The lowest BCUT2D eigenvalue weighted by Crippen LogP contribution is -2.14. The predicted octanol–water partition coefficient (Wildman–Crippen LogP) is 4.73. The lowest BCUT2D eigenvalue weighted by molar-refractivity contribution is -0.113. The molecule has 3 rings (SSSR count). The largest absolute Gasteiger partial charge is 0.323 e. The first-order valence-electron chi connectivity index (χ1n) is 6.74. The molecule has 1 amide bonds. The molecule has 0 unspecified atom stereocenters. The van der Waals surface area contributed by atoms with E-state index in [2.05, 4.69) is 26.2 Å². The van der Waals surface area contributed by atoms with Gasteiger partial charge in [-0.2, -0.15) is 0 Å². The highest BCUT2D eigenvalue weighted by molar-refractivity contribution is 9.10. The minimum Gasteiger partial charge on any atom is -0.323 e. The molecule has 0 aliphatic carbocycles. The van der Waals surface area contributed by atoms with Gasteiger partial charge < -0.3 is 5.32 Å². The van der Waals surface area contributed by atoms with E-state index in [9.17, 15) is 4.79 Å². The van der Waals surface area contributed by atoms with Gasteiger partial charge in [0.1, 0.15) is 0 Å². The Labute approximate surface area is 141 Å². The van der Waals surface area contributed by atoms with E-state index in [0.29, 0.717) is 5.75 Å². The first kappa shape index (κ1) is 15.1. The van der Waals surface area contributed by atoms with Crippen LogP contribution < -0.4 is 5.32 Å². The van der Waals surface area contributed by atoms with Crippen molar-refractivity contribution in [2.24, 2.45) is 0 Å². The molecule has 0 saturated heterocycles. The van der Waals surface area contributed by atoms with Gasteiger partial charge in [-0.05, 0) is 36.4 Å². The number of halogens is 1. The van der Waals surface area contributed by atoms with Crippen LogP contribution in [0.15, 0.2) is 70.2 Å². The molecule has 3 nitrogen and oxygen atoms in total. The van der Waals surface area contributed by atoms with Crippen LogP contribution in [0.5, 0.6) is 0 Å². The second-order valence-corrected chi connectivity index (χ2v) is 6.64. The smallest absolute Gasteiger partial charge is 0.234 e. The molecule has 0 aliphatic heterocycles. The molecule has 0 bridgehead atoms. The van der Waals surface area contributed by atoms with Gasteiger partial charge in [0.25, 0.3) is 0 Å². The monoisotopic (exact) mass is 372 g/mol. The number of para-hydroxylation sites is 1. The minimum atomic E-state index is -0.0360. The van der Waals surface area contributed by atoms with E-state index in [1.54, 1.807) is 6.20 Å². The molecular weight excluding hydrogens is 360 g/mol. The van der Waals surface area contributed by atoms with E-state index in [1.165, 1.54) is 11.8 Å². The zero-order valence-corrected chi connectivity index (χ0v) is 14.0. The Morgan fingerprint density at radius 2 is 1.86 bits per heavy atom. The molecule has 5 heteroatoms. The van der Waals surface area contributed by atoms with E-state index in [0.717, 1.165) is 26.0 Å². The van der Waals surface area contributed by atoms with Gasteiger partial charge in [0.05, 0.1) is 17.0 Å². The van der Waals surface area contributed by atoms with Crippen molar-refractivity contribution < 1.29 is 4.79 Å². The van der Waals surface area contributed by atoms with Crippen molar-refractivity contribution in [3.05, 3.63) is 65.3 Å². The number of nitrogens with zero attached hydrogens (tertiary/aromatic N) is 1. The van der Waals surface area contributed by atoms with Crippen LogP contribution in [0.4, 0.5) is 5.69 Å². The molecular formula is C17H13BrN2OS. The summed E-state index contributed by atoms with van der Waals surface area (Å²) in [6, 6.07) is 17.5. The van der Waals surface area contributed by atoms with Crippen molar-refractivity contribution in [3.8, 4) is 0 Å². The molecule has 2 aromatic carbocycles. The average molecular weight is 373 g/mol. The van der Waals surface area contributed by atoms with Gasteiger partial charge in [-0.25, -0.2) is 0 Å². The summed E-state index contributed by atoms with van der Waals surface area (Å²) in [6.45, 7) is 0. The number of pyridine rings is 1. The number of nitrogens with one attached hydrogen (secondary N) is 1. The fourth-order valence-electron chi connectivity index (χ4n) is 2.07. The number of hydrogen-bond donors (Lipinski definition) is 1. The minimum absolute atomic E-state index is 0.0360. The highest BCUT2D eigenvalue weighted by Crippen LogP contribution is 2.23. The quantitative estimate of drug-likeness (QED) is 0.673. The van der Waals surface area contributed by atoms with Crippen molar-refractivity contribution in [3.63, 3.8) is 0 Å². The lowest BCUT2D eigenvalue weighted by Gasteiger charge is -2.08. The molecule has 1 heterocycles. The van der Waals surface area contributed by atoms with Crippen molar-refractivity contribution in [1.29, 1.82) is 0 Å². The molecule has 0 fully saturated rings. The van der Waals surface area contributed by atoms with Crippen LogP contribution in [0.2, 0.25) is 0 Å². The normalized spacial score (nSPS) is 10.6. The zero-order chi connectivity index (χ0) is 15.4. The van der Waals surface area contributed by atoms with Crippen LogP contribution in [-0.2, 0) is 4.79 Å². The third kappa shape index (κ3) is 3.67. The number of aromatic nitrogens is 1. The maximum absolute atomic E-state index is 12.1. The average Bonchev–Trinajstić information content (AvgIpc) is 2.55. The molecule has 1 N–H and O–H groups in total. The van der Waals surface area contributed by atoms with Crippen LogP contribution in [0.25, 0.3) is 10.9 Å². The highest BCUT2D eigenvalue weighted by atomic mass is 79.9. The van der Waals surface area contributed by atoms with E-state index in [-0.39, 0.29) is 5.91 Å². The number of anilines is 1. The number of amides is 1. The molecule has 0 saturated carbocycles. The number of thioether (sulfide) groups is 1. The number of benzene rings is 2. The maximum Gasteiger partial charge on any atom is 0.234 e. The summed E-state index contributed by atoms with van der Waals surface area (Å²) in [5, 5.41) is 3.95. The van der Waals surface area contributed by atoms with Crippen LogP contribution in [-0.4, -0.2) is 16.6 Å². The Kier molecular flexibility index (Phi) is 4.75. The zero-order valence-electron chi connectivity index (χ0n) is 11.6. The van der Waals surface area contributed by atoms with Gasteiger partial charge in [-0.1, -0.05) is 34.1 Å². The summed E-state index contributed by atoms with van der Waals surface area (Å²) < 4.78 is 1.03. The first-order chi connectivity index (χ1) is 10.7. The standard InChI is InChI=1S/C17H13BrN2OS/c18-13-6-8-14(9-7-13)22-11-16(21)20-15-5-1-3-12-4-2-10-19-17(12)15/h1-10H,11H2,(H,20,21). The number of fused-ring (bicyclic) bond motifs is 1. The summed E-state index contributed by atoms with van der Waals surface area (Å²) in [5.41, 5.74) is 1.56. The van der Waals surface area contributed by atoms with Gasteiger partial charge >= 0.3 is 0 Å². The van der Waals surface area contributed by atoms with Crippen molar-refractivity contribution >= 4 is 50.2 Å². The third-order valence-corrected chi connectivity index (χ3v) is 4.63. The second kappa shape index (κ2) is 6.94. The fourth-order valence-corrected chi connectivity index (χ4v) is 3.03. The van der Waals surface area contributed by atoms with E-state index in [4.69, 9.17) is 0 Å². The van der Waals surface area contributed by atoms with Gasteiger partial charge in [0.15, 0.2) is 0 Å². The molecule has 0 spiro atoms. The first-order valence-corrected chi connectivity index (χ1v) is 8.52. The van der Waals surface area contributed by atoms with Gasteiger partial charge in [-0.15, -0.1) is 11.8 Å². The van der Waals surface area contributed by atoms with Crippen molar-refractivity contribution in [2.45, 2.75) is 4.90 Å². The Morgan fingerprint density at radius 3 is 2.68 bits per heavy atom. The van der Waals surface area contributed by atoms with Gasteiger partial charge in [0.2, 0.25) is 5.91 Å². The second-order valence-electron chi connectivity index (χ2n) is 4.67. The van der Waals surface area contributed by atoms with Crippen LogP contribution in [0.1, 0.15) is 0 Å². The van der Waals surface area contributed by atoms with Crippen molar-refractivity contribution in [1.82, 2.24) is 4.98 Å². The van der Waals surface area contributed by atoms with Crippen LogP contribution >= 0.6 is 27.7 Å². The molecule has 22 heavy (non-hydrogen) atoms. The summed E-state index contributed by atoms with van der Waals surface area (Å²) in [4.78, 5) is 17.5. The topological polar surface area (TPSA) is 42.0 Å². The Bertz CT molecular complexity index is 800. The fraction of sp³-hybridized carbons (Fsp3) is 0.0588. The molecule has 1 aromatic heterocycles. The SMILES string of the molecule is O=C(CSc1ccc(Br)cc1)Nc1cccc2cccnc12. The number of hydrogen-bond acceptors (Lipinski definition) is 3. The number of rotatable bonds is 4. The predicted molar refractivity (Wildman–Crippen MR) is 95.2 cm³/mol. The van der Waals surface area contributed by atoms with E-state index < -0.39 is 0 Å². The molecule has 0 radical (unpaired) electrons. The molecule has 110 valence electrons. The highest BCUT2D eigenvalue weighted by Gasteiger charge is 2.07. The molecule has 0 atom stereocenters. The van der Waals surface area contributed by atoms with E-state index in [1.807, 2.05) is 54.6 Å². The molecule has 3 aromatic rings. The Morgan fingerprint density at radius 1 is 1.09 bits per heavy atom. The summed E-state index contributed by atoms with van der Waals surface area (Å²) in [7, 11) is 0. The summed E-state index contributed by atoms with van der Waals surface area (Å²) in [5.74, 6) is 0.330. The Balaban J connectivity index is 1.67. The van der Waals surface area contributed by atoms with Crippen LogP contribution in [0, 0.1) is 0 Å².